The van der Waals surface area contributed by atoms with Gasteiger partial charge in [0.05, 0.1) is 41.0 Å². The van der Waals surface area contributed by atoms with Crippen LogP contribution >= 0.6 is 31.9 Å². The maximum absolute atomic E-state index is 14.1. The molecule has 0 atom stereocenters. The molecular weight excluding hydrogens is 460 g/mol. The number of hydrogen-bond acceptors (Lipinski definition) is 6. The molecule has 0 fully saturated rings. The Morgan fingerprint density at radius 2 is 1.79 bits per heavy atom. The number of rotatable bonds is 3. The van der Waals surface area contributed by atoms with Crippen LogP contribution in [0.4, 0.5) is 14.5 Å². The van der Waals surface area contributed by atoms with Crippen LogP contribution in [0.15, 0.2) is 26.3 Å². The zero-order valence-electron chi connectivity index (χ0n) is 12.5. The van der Waals surface area contributed by atoms with E-state index >= 15 is 0 Å². The Labute approximate surface area is 152 Å². The number of benzene rings is 1. The van der Waals surface area contributed by atoms with Gasteiger partial charge in [-0.1, -0.05) is 0 Å². The monoisotopic (exact) mass is 469 g/mol. The molecule has 0 amide bonds. The Bertz CT molecular complexity index is 738. The summed E-state index contributed by atoms with van der Waals surface area (Å²) in [4.78, 5) is 25.1. The Balaban J connectivity index is 2.68. The molecule has 1 aliphatic heterocycles. The van der Waals surface area contributed by atoms with Gasteiger partial charge in [0.15, 0.2) is 5.82 Å². The Kier molecular flexibility index (Phi) is 5.94. The number of carbonyl (C=O) groups is 2. The second-order valence-corrected chi connectivity index (χ2v) is 6.12. The van der Waals surface area contributed by atoms with E-state index in [9.17, 15) is 18.4 Å². The van der Waals surface area contributed by atoms with Crippen molar-refractivity contribution in [3.63, 3.8) is 0 Å². The summed E-state index contributed by atoms with van der Waals surface area (Å²) in [6, 6.07) is 0.990. The second-order valence-electron chi connectivity index (χ2n) is 4.54. The first-order valence-corrected chi connectivity index (χ1v) is 8.00. The largest absolute Gasteiger partial charge is 0.466 e. The molecule has 0 saturated heterocycles. The molecule has 0 bridgehead atoms. The highest BCUT2D eigenvalue weighted by Gasteiger charge is 2.34. The van der Waals surface area contributed by atoms with Crippen molar-refractivity contribution in [3.8, 4) is 0 Å². The highest BCUT2D eigenvalue weighted by atomic mass is 79.9. The molecule has 0 radical (unpaired) electrons. The molecule has 10 heteroatoms. The molecule has 1 aromatic carbocycles. The fraction of sp³-hybridized carbons (Fsp3) is 0.286. The first-order chi connectivity index (χ1) is 11.3. The lowest BCUT2D eigenvalue weighted by atomic mass is 10.1. The van der Waals surface area contributed by atoms with Crippen molar-refractivity contribution in [2.45, 2.75) is 0 Å². The summed E-state index contributed by atoms with van der Waals surface area (Å²) >= 11 is 5.80. The number of ether oxygens (including phenoxy) is 3. The van der Waals surface area contributed by atoms with Crippen LogP contribution in [0.1, 0.15) is 0 Å². The summed E-state index contributed by atoms with van der Waals surface area (Å²) < 4.78 is 42.1. The van der Waals surface area contributed by atoms with Gasteiger partial charge in [-0.2, -0.15) is 0 Å². The summed E-state index contributed by atoms with van der Waals surface area (Å²) in [6.45, 7) is -0.420. The van der Waals surface area contributed by atoms with Crippen LogP contribution in [0.2, 0.25) is 0 Å². The first kappa shape index (κ1) is 18.8. The standard InChI is InChI=1S/C14H11Br2F2NO5/c1-22-13(20)6-4-24-5-19(12(6)14(21)23-2)8-3-7(17)9(15)11(18)10(8)16/h3H,4-5H2,1-2H3. The smallest absolute Gasteiger partial charge is 0.355 e. The zero-order chi connectivity index (χ0) is 18.0. The van der Waals surface area contributed by atoms with E-state index in [1.165, 1.54) is 0 Å². The van der Waals surface area contributed by atoms with Crippen LogP contribution in [0.25, 0.3) is 0 Å². The lowest BCUT2D eigenvalue weighted by Gasteiger charge is -2.32. The molecule has 0 unspecified atom stereocenters. The average molecular weight is 471 g/mol. The van der Waals surface area contributed by atoms with Gasteiger partial charge in [-0.15, -0.1) is 0 Å². The quantitative estimate of drug-likeness (QED) is 0.384. The predicted molar refractivity (Wildman–Crippen MR) is 86.1 cm³/mol. The first-order valence-electron chi connectivity index (χ1n) is 6.41. The Morgan fingerprint density at radius 1 is 1.17 bits per heavy atom. The maximum Gasteiger partial charge on any atom is 0.355 e. The van der Waals surface area contributed by atoms with Crippen molar-refractivity contribution in [2.75, 3.05) is 32.5 Å². The minimum Gasteiger partial charge on any atom is -0.466 e. The van der Waals surface area contributed by atoms with Gasteiger partial charge in [-0.25, -0.2) is 18.4 Å². The van der Waals surface area contributed by atoms with Crippen molar-refractivity contribution in [3.05, 3.63) is 37.9 Å². The van der Waals surface area contributed by atoms with Crippen LogP contribution in [0.3, 0.4) is 0 Å². The van der Waals surface area contributed by atoms with Crippen LogP contribution in [-0.4, -0.2) is 39.5 Å². The van der Waals surface area contributed by atoms with E-state index in [2.05, 4.69) is 41.3 Å². The number of carbonyl (C=O) groups excluding carboxylic acids is 2. The lowest BCUT2D eigenvalue weighted by Crippen LogP contribution is -2.39. The molecule has 0 N–H and O–H groups in total. The second kappa shape index (κ2) is 7.58. The van der Waals surface area contributed by atoms with Gasteiger partial charge in [0, 0.05) is 6.07 Å². The normalized spacial score (nSPS) is 14.7. The third kappa shape index (κ3) is 3.31. The summed E-state index contributed by atoms with van der Waals surface area (Å²) in [5.41, 5.74) is -0.377. The molecule has 2 rings (SSSR count). The Morgan fingerprint density at radius 3 is 2.38 bits per heavy atom. The van der Waals surface area contributed by atoms with Crippen LogP contribution in [-0.2, 0) is 23.8 Å². The minimum absolute atomic E-state index is 0.0466. The molecule has 130 valence electrons. The molecule has 1 aliphatic rings. The third-order valence-corrected chi connectivity index (χ3v) is 4.69. The Hall–Kier alpha value is -1.52. The van der Waals surface area contributed by atoms with E-state index in [0.717, 1.165) is 25.2 Å². The molecule has 0 saturated carbocycles. The highest BCUT2D eigenvalue weighted by molar-refractivity contribution is 9.11. The van der Waals surface area contributed by atoms with Gasteiger partial charge in [0.1, 0.15) is 18.2 Å². The van der Waals surface area contributed by atoms with Crippen molar-refractivity contribution < 1.29 is 32.6 Å². The predicted octanol–water partition coefficient (Wildman–Crippen LogP) is 2.88. The molecule has 0 aromatic heterocycles. The van der Waals surface area contributed by atoms with Crippen molar-refractivity contribution in [1.29, 1.82) is 0 Å². The molecular formula is C14H11Br2F2NO5. The van der Waals surface area contributed by atoms with E-state index in [4.69, 9.17) is 4.74 Å². The molecule has 24 heavy (non-hydrogen) atoms. The van der Waals surface area contributed by atoms with E-state index in [0.29, 0.717) is 0 Å². The van der Waals surface area contributed by atoms with Gasteiger partial charge in [-0.3, -0.25) is 0 Å². The average Bonchev–Trinajstić information content (AvgIpc) is 2.60. The third-order valence-electron chi connectivity index (χ3n) is 3.21. The van der Waals surface area contributed by atoms with Gasteiger partial charge in [0.25, 0.3) is 0 Å². The van der Waals surface area contributed by atoms with E-state index in [1.54, 1.807) is 0 Å². The number of methoxy groups -OCH3 is 2. The van der Waals surface area contributed by atoms with E-state index in [1.807, 2.05) is 0 Å². The van der Waals surface area contributed by atoms with Crippen molar-refractivity contribution in [1.82, 2.24) is 0 Å². The number of halogens is 4. The zero-order valence-corrected chi connectivity index (χ0v) is 15.7. The molecule has 1 aromatic rings. The summed E-state index contributed by atoms with van der Waals surface area (Å²) in [7, 11) is 2.26. The molecule has 0 aliphatic carbocycles. The number of anilines is 1. The lowest BCUT2D eigenvalue weighted by molar-refractivity contribution is -0.140. The number of nitrogens with zero attached hydrogens (tertiary/aromatic N) is 1. The van der Waals surface area contributed by atoms with Gasteiger partial charge >= 0.3 is 11.9 Å². The van der Waals surface area contributed by atoms with Crippen LogP contribution < -0.4 is 4.90 Å². The minimum atomic E-state index is -0.903. The highest BCUT2D eigenvalue weighted by Crippen LogP contribution is 2.38. The van der Waals surface area contributed by atoms with Crippen LogP contribution in [0.5, 0.6) is 0 Å². The van der Waals surface area contributed by atoms with E-state index < -0.39 is 23.6 Å². The molecule has 1 heterocycles. The summed E-state index contributed by atoms with van der Waals surface area (Å²) in [5, 5.41) is 0. The summed E-state index contributed by atoms with van der Waals surface area (Å²) in [5.74, 6) is -3.47. The SMILES string of the molecule is COC(=O)C1=C(C(=O)OC)N(c2cc(F)c(Br)c(F)c2Br)COC1. The van der Waals surface area contributed by atoms with Crippen molar-refractivity contribution in [2.24, 2.45) is 0 Å². The fourth-order valence-electron chi connectivity index (χ4n) is 2.09. The van der Waals surface area contributed by atoms with Gasteiger partial charge in [0.2, 0.25) is 0 Å². The molecule has 0 spiro atoms. The van der Waals surface area contributed by atoms with Gasteiger partial charge in [-0.05, 0) is 31.9 Å². The van der Waals surface area contributed by atoms with Crippen LogP contribution in [0, 0.1) is 11.6 Å². The van der Waals surface area contributed by atoms with Crippen molar-refractivity contribution >= 4 is 49.5 Å². The fourth-order valence-corrected chi connectivity index (χ4v) is 3.20. The number of esters is 2. The van der Waals surface area contributed by atoms with Gasteiger partial charge < -0.3 is 19.1 Å². The number of hydrogen-bond donors (Lipinski definition) is 0. The topological polar surface area (TPSA) is 65.1 Å². The maximum atomic E-state index is 14.1. The molecule has 6 nitrogen and oxygen atoms in total. The van der Waals surface area contributed by atoms with E-state index in [-0.39, 0.29) is 39.2 Å². The summed E-state index contributed by atoms with van der Waals surface area (Å²) in [6.07, 6.45) is 0.